The van der Waals surface area contributed by atoms with Crippen molar-refractivity contribution in [2.45, 2.75) is 5.16 Å². The molecular weight excluding hydrogens is 362 g/mol. The Balaban J connectivity index is 1.43. The highest BCUT2D eigenvalue weighted by molar-refractivity contribution is 7.99. The zero-order valence-electron chi connectivity index (χ0n) is 12.9. The fourth-order valence-corrected chi connectivity index (χ4v) is 3.15. The molecule has 0 bridgehead atoms. The van der Waals surface area contributed by atoms with Crippen molar-refractivity contribution in [3.8, 4) is 22.9 Å². The van der Waals surface area contributed by atoms with E-state index >= 15 is 0 Å². The van der Waals surface area contributed by atoms with Gasteiger partial charge in [-0.3, -0.25) is 9.89 Å². The van der Waals surface area contributed by atoms with Gasteiger partial charge < -0.3 is 9.47 Å². The number of carbonyl (C=O) groups is 1. The molecule has 1 aliphatic rings. The maximum absolute atomic E-state index is 12.2. The van der Waals surface area contributed by atoms with Crippen LogP contribution in [0.25, 0.3) is 11.4 Å². The molecule has 3 aromatic rings. The summed E-state index contributed by atoms with van der Waals surface area (Å²) in [5.41, 5.74) is 1.45. The molecule has 0 saturated carbocycles. The van der Waals surface area contributed by atoms with Gasteiger partial charge in [-0.2, -0.15) is 0 Å². The maximum atomic E-state index is 12.2. The molecule has 8 heteroatoms. The third-order valence-corrected chi connectivity index (χ3v) is 4.71. The number of Topliss-reactive ketones (excluding diaryl/α,β-unsaturated/α-hetero) is 1. The molecule has 1 aliphatic heterocycles. The minimum absolute atomic E-state index is 0.00361. The number of ketones is 1. The molecule has 0 radical (unpaired) electrons. The summed E-state index contributed by atoms with van der Waals surface area (Å²) in [6.45, 7) is 0.225. The molecular formula is C17H12ClN3O3S. The van der Waals surface area contributed by atoms with Crippen LogP contribution in [0.4, 0.5) is 0 Å². The number of H-pyrrole nitrogens is 1. The molecule has 0 amide bonds. The maximum Gasteiger partial charge on any atom is 0.231 e. The van der Waals surface area contributed by atoms with Crippen LogP contribution in [-0.4, -0.2) is 33.5 Å². The quantitative estimate of drug-likeness (QED) is 0.541. The average molecular weight is 374 g/mol. The first kappa shape index (κ1) is 16.0. The van der Waals surface area contributed by atoms with Crippen LogP contribution in [0.15, 0.2) is 47.6 Å². The highest BCUT2D eigenvalue weighted by atomic mass is 35.5. The lowest BCUT2D eigenvalue weighted by molar-refractivity contribution is 0.102. The van der Waals surface area contributed by atoms with E-state index in [9.17, 15) is 4.79 Å². The molecule has 1 N–H and O–H groups in total. The summed E-state index contributed by atoms with van der Waals surface area (Å²) in [7, 11) is 0. The van der Waals surface area contributed by atoms with Crippen LogP contribution in [-0.2, 0) is 0 Å². The molecule has 0 saturated heterocycles. The normalized spacial score (nSPS) is 12.4. The summed E-state index contributed by atoms with van der Waals surface area (Å²) in [6, 6.07) is 12.4. The van der Waals surface area contributed by atoms with Crippen molar-refractivity contribution in [3.05, 3.63) is 53.1 Å². The summed E-state index contributed by atoms with van der Waals surface area (Å²) in [6.07, 6.45) is 0. The van der Waals surface area contributed by atoms with Crippen molar-refractivity contribution >= 4 is 29.1 Å². The first-order chi connectivity index (χ1) is 12.2. The summed E-state index contributed by atoms with van der Waals surface area (Å²) < 4.78 is 10.7. The Bertz CT molecular complexity index is 927. The molecule has 4 rings (SSSR count). The van der Waals surface area contributed by atoms with Gasteiger partial charge in [-0.1, -0.05) is 23.4 Å². The van der Waals surface area contributed by atoms with E-state index in [1.165, 1.54) is 11.8 Å². The Labute approximate surface area is 152 Å². The number of hydrogen-bond acceptors (Lipinski definition) is 6. The molecule has 126 valence electrons. The van der Waals surface area contributed by atoms with Crippen molar-refractivity contribution in [2.24, 2.45) is 0 Å². The Kier molecular flexibility index (Phi) is 4.33. The zero-order chi connectivity index (χ0) is 17.2. The fraction of sp³-hybridized carbons (Fsp3) is 0.118. The summed E-state index contributed by atoms with van der Waals surface area (Å²) in [5.74, 6) is 2.25. The van der Waals surface area contributed by atoms with Crippen molar-refractivity contribution < 1.29 is 14.3 Å². The summed E-state index contributed by atoms with van der Waals surface area (Å²) in [4.78, 5) is 16.6. The molecule has 0 atom stereocenters. The van der Waals surface area contributed by atoms with Gasteiger partial charge in [0.15, 0.2) is 23.1 Å². The first-order valence-electron chi connectivity index (χ1n) is 7.43. The van der Waals surface area contributed by atoms with Crippen molar-refractivity contribution in [3.63, 3.8) is 0 Å². The number of carbonyl (C=O) groups excluding carboxylic acids is 1. The number of rotatable bonds is 5. The Morgan fingerprint density at radius 3 is 2.80 bits per heavy atom. The largest absolute Gasteiger partial charge is 0.454 e. The predicted molar refractivity (Wildman–Crippen MR) is 94.4 cm³/mol. The lowest BCUT2D eigenvalue weighted by Crippen LogP contribution is -2.02. The number of aromatic nitrogens is 3. The van der Waals surface area contributed by atoms with Crippen LogP contribution in [0.2, 0.25) is 5.02 Å². The van der Waals surface area contributed by atoms with Crippen LogP contribution in [0.1, 0.15) is 10.4 Å². The second-order valence-corrected chi connectivity index (χ2v) is 6.63. The second kappa shape index (κ2) is 6.78. The van der Waals surface area contributed by atoms with E-state index in [0.717, 1.165) is 5.56 Å². The lowest BCUT2D eigenvalue weighted by atomic mass is 10.1. The topological polar surface area (TPSA) is 77.1 Å². The number of hydrogen-bond donors (Lipinski definition) is 1. The number of fused-ring (bicyclic) bond motifs is 1. The Morgan fingerprint density at radius 2 is 1.96 bits per heavy atom. The highest BCUT2D eigenvalue weighted by Crippen LogP contribution is 2.35. The standard InChI is InChI=1S/C17H12ClN3O3S/c18-12-4-1-10(2-5-12)13(22)8-25-17-19-16(20-21-17)11-3-6-14-15(7-11)24-9-23-14/h1-7H,8-9H2,(H,19,20,21). The van der Waals surface area contributed by atoms with Gasteiger partial charge in [-0.15, -0.1) is 5.10 Å². The van der Waals surface area contributed by atoms with Gasteiger partial charge in [0, 0.05) is 16.1 Å². The van der Waals surface area contributed by atoms with E-state index < -0.39 is 0 Å². The van der Waals surface area contributed by atoms with E-state index in [1.807, 2.05) is 18.2 Å². The molecule has 0 fully saturated rings. The number of nitrogens with one attached hydrogen (secondary N) is 1. The van der Waals surface area contributed by atoms with Crippen LogP contribution in [0.3, 0.4) is 0 Å². The Morgan fingerprint density at radius 1 is 1.16 bits per heavy atom. The van der Waals surface area contributed by atoms with E-state index in [1.54, 1.807) is 24.3 Å². The van der Waals surface area contributed by atoms with Crippen molar-refractivity contribution in [2.75, 3.05) is 12.5 Å². The molecule has 6 nitrogen and oxygen atoms in total. The first-order valence-corrected chi connectivity index (χ1v) is 8.79. The molecule has 2 aromatic carbocycles. The van der Waals surface area contributed by atoms with Crippen LogP contribution < -0.4 is 9.47 Å². The molecule has 0 aliphatic carbocycles. The van der Waals surface area contributed by atoms with Gasteiger partial charge in [0.05, 0.1) is 5.75 Å². The summed E-state index contributed by atoms with van der Waals surface area (Å²) in [5, 5.41) is 8.14. The van der Waals surface area contributed by atoms with Crippen LogP contribution in [0.5, 0.6) is 11.5 Å². The minimum atomic E-state index is -0.00361. The Hall–Kier alpha value is -2.51. The third-order valence-electron chi connectivity index (χ3n) is 3.61. The van der Waals surface area contributed by atoms with Gasteiger partial charge in [0.1, 0.15) is 0 Å². The predicted octanol–water partition coefficient (Wildman–Crippen LogP) is 3.83. The second-order valence-electron chi connectivity index (χ2n) is 5.25. The van der Waals surface area contributed by atoms with Gasteiger partial charge in [0.25, 0.3) is 0 Å². The third kappa shape index (κ3) is 3.47. The SMILES string of the molecule is O=C(CSc1n[nH]c(-c2ccc3c(c2)OCO3)n1)c1ccc(Cl)cc1. The molecule has 1 aromatic heterocycles. The van der Waals surface area contributed by atoms with Gasteiger partial charge in [-0.05, 0) is 42.5 Å². The summed E-state index contributed by atoms with van der Waals surface area (Å²) >= 11 is 7.10. The van der Waals surface area contributed by atoms with Gasteiger partial charge >= 0.3 is 0 Å². The number of benzene rings is 2. The number of aromatic amines is 1. The molecule has 2 heterocycles. The molecule has 0 unspecified atom stereocenters. The lowest BCUT2D eigenvalue weighted by Gasteiger charge is -1.99. The van der Waals surface area contributed by atoms with Crippen molar-refractivity contribution in [1.29, 1.82) is 0 Å². The number of halogens is 1. The van der Waals surface area contributed by atoms with Gasteiger partial charge in [-0.25, -0.2) is 4.98 Å². The smallest absolute Gasteiger partial charge is 0.231 e. The van der Waals surface area contributed by atoms with Crippen LogP contribution in [0, 0.1) is 0 Å². The van der Waals surface area contributed by atoms with Gasteiger partial charge in [0.2, 0.25) is 11.9 Å². The van der Waals surface area contributed by atoms with E-state index in [2.05, 4.69) is 15.2 Å². The number of ether oxygens (including phenoxy) is 2. The van der Waals surface area contributed by atoms with Crippen molar-refractivity contribution in [1.82, 2.24) is 15.2 Å². The number of thioether (sulfide) groups is 1. The van der Waals surface area contributed by atoms with Crippen LogP contribution >= 0.6 is 23.4 Å². The monoisotopic (exact) mass is 373 g/mol. The average Bonchev–Trinajstić information content (AvgIpc) is 3.28. The van der Waals surface area contributed by atoms with E-state index in [0.29, 0.717) is 33.1 Å². The molecule has 25 heavy (non-hydrogen) atoms. The fourth-order valence-electron chi connectivity index (χ4n) is 2.33. The zero-order valence-corrected chi connectivity index (χ0v) is 14.4. The van der Waals surface area contributed by atoms with E-state index in [-0.39, 0.29) is 18.3 Å². The minimum Gasteiger partial charge on any atom is -0.454 e. The van der Waals surface area contributed by atoms with E-state index in [4.69, 9.17) is 21.1 Å². The molecule has 0 spiro atoms. The highest BCUT2D eigenvalue weighted by Gasteiger charge is 2.16. The number of nitrogens with zero attached hydrogens (tertiary/aromatic N) is 2.